The molecule has 96 valence electrons. The van der Waals surface area contributed by atoms with Crippen molar-refractivity contribution in [2.45, 2.75) is 44.8 Å². The Balaban J connectivity index is 2.81. The SMILES string of the molecule is CC(C)(CCc1c(I)ccnc1F)[Si](C)(C)O. The molecular formula is C12H19FINOSi. The fraction of sp³-hybridized carbons (Fsp3) is 0.583. The summed E-state index contributed by atoms with van der Waals surface area (Å²) in [5.41, 5.74) is 0.666. The second-order valence-corrected chi connectivity index (χ2v) is 11.1. The summed E-state index contributed by atoms with van der Waals surface area (Å²) in [7, 11) is -2.22. The molecule has 0 aliphatic heterocycles. The van der Waals surface area contributed by atoms with Crippen LogP contribution in [0, 0.1) is 9.52 Å². The highest BCUT2D eigenvalue weighted by Gasteiger charge is 2.37. The highest BCUT2D eigenvalue weighted by atomic mass is 127. The molecule has 17 heavy (non-hydrogen) atoms. The van der Waals surface area contributed by atoms with E-state index in [4.69, 9.17) is 0 Å². The molecule has 1 aromatic rings. The number of aromatic nitrogens is 1. The van der Waals surface area contributed by atoms with Gasteiger partial charge in [-0.2, -0.15) is 4.39 Å². The standard InChI is InChI=1S/C12H19FINOSi/c1-12(2,17(3,4)16)7-5-9-10(14)6-8-15-11(9)13/h6,8,16H,5,7H2,1-4H3. The van der Waals surface area contributed by atoms with Gasteiger partial charge >= 0.3 is 0 Å². The topological polar surface area (TPSA) is 33.1 Å². The minimum atomic E-state index is -2.22. The largest absolute Gasteiger partial charge is 0.432 e. The normalized spacial score (nSPS) is 12.9. The molecule has 1 heterocycles. The Kier molecular flexibility index (Phi) is 4.71. The van der Waals surface area contributed by atoms with Crippen molar-refractivity contribution >= 4 is 30.9 Å². The number of rotatable bonds is 4. The maximum absolute atomic E-state index is 13.6. The van der Waals surface area contributed by atoms with Crippen molar-refractivity contribution in [2.24, 2.45) is 0 Å². The summed E-state index contributed by atoms with van der Waals surface area (Å²) in [6.07, 6.45) is 2.89. The number of nitrogens with zero attached hydrogens (tertiary/aromatic N) is 1. The Hall–Kier alpha value is -0.0131. The van der Waals surface area contributed by atoms with Crippen molar-refractivity contribution in [2.75, 3.05) is 0 Å². The van der Waals surface area contributed by atoms with Crippen LogP contribution < -0.4 is 0 Å². The van der Waals surface area contributed by atoms with Crippen LogP contribution in [0.4, 0.5) is 4.39 Å². The van der Waals surface area contributed by atoms with Crippen LogP contribution >= 0.6 is 22.6 Å². The molecule has 0 aliphatic rings. The van der Waals surface area contributed by atoms with Crippen LogP contribution in [0.1, 0.15) is 25.8 Å². The van der Waals surface area contributed by atoms with Gasteiger partial charge in [0, 0.05) is 15.3 Å². The monoisotopic (exact) mass is 367 g/mol. The molecule has 0 bridgehead atoms. The number of hydrogen-bond donors (Lipinski definition) is 1. The summed E-state index contributed by atoms with van der Waals surface area (Å²) in [6.45, 7) is 7.97. The molecule has 0 fully saturated rings. The zero-order valence-electron chi connectivity index (χ0n) is 10.7. The second kappa shape index (κ2) is 5.32. The smallest absolute Gasteiger partial charge is 0.217 e. The van der Waals surface area contributed by atoms with Crippen molar-refractivity contribution in [1.29, 1.82) is 0 Å². The van der Waals surface area contributed by atoms with Crippen molar-refractivity contribution in [3.05, 3.63) is 27.3 Å². The highest BCUT2D eigenvalue weighted by Crippen LogP contribution is 2.40. The molecular weight excluding hydrogens is 348 g/mol. The van der Waals surface area contributed by atoms with Gasteiger partial charge in [-0.25, -0.2) is 4.98 Å². The van der Waals surface area contributed by atoms with Crippen LogP contribution in [0.3, 0.4) is 0 Å². The minimum absolute atomic E-state index is 0.127. The van der Waals surface area contributed by atoms with Crippen molar-refractivity contribution in [3.8, 4) is 0 Å². The average molecular weight is 367 g/mol. The van der Waals surface area contributed by atoms with Gasteiger partial charge in [0.25, 0.3) is 0 Å². The third-order valence-electron chi connectivity index (χ3n) is 3.60. The lowest BCUT2D eigenvalue weighted by atomic mass is 10.0. The molecule has 0 saturated heterocycles. The summed E-state index contributed by atoms with van der Waals surface area (Å²) in [6, 6.07) is 1.81. The van der Waals surface area contributed by atoms with E-state index in [9.17, 15) is 9.19 Å². The van der Waals surface area contributed by atoms with Gasteiger partial charge in [-0.15, -0.1) is 0 Å². The Labute approximate surface area is 117 Å². The Morgan fingerprint density at radius 3 is 2.53 bits per heavy atom. The molecule has 0 aliphatic carbocycles. The molecule has 0 spiro atoms. The molecule has 1 N–H and O–H groups in total. The lowest BCUT2D eigenvalue weighted by Gasteiger charge is -2.35. The molecule has 1 rings (SSSR count). The van der Waals surface area contributed by atoms with Gasteiger partial charge in [0.1, 0.15) is 0 Å². The van der Waals surface area contributed by atoms with Gasteiger partial charge in [-0.1, -0.05) is 13.8 Å². The van der Waals surface area contributed by atoms with E-state index in [-0.39, 0.29) is 11.0 Å². The second-order valence-electron chi connectivity index (χ2n) is 5.51. The summed E-state index contributed by atoms with van der Waals surface area (Å²) >= 11 is 2.13. The molecule has 0 radical (unpaired) electrons. The zero-order chi connectivity index (χ0) is 13.3. The molecule has 0 unspecified atom stereocenters. The first kappa shape index (κ1) is 15.0. The third kappa shape index (κ3) is 3.72. The molecule has 0 amide bonds. The Bertz CT molecular complexity index is 384. The van der Waals surface area contributed by atoms with E-state index in [1.165, 1.54) is 6.20 Å². The lowest BCUT2D eigenvalue weighted by molar-refractivity contribution is 0.446. The molecule has 5 heteroatoms. The minimum Gasteiger partial charge on any atom is -0.432 e. The van der Waals surface area contributed by atoms with E-state index in [1.54, 1.807) is 0 Å². The first-order valence-electron chi connectivity index (χ1n) is 5.66. The van der Waals surface area contributed by atoms with Gasteiger partial charge in [-0.3, -0.25) is 0 Å². The quantitative estimate of drug-likeness (QED) is 0.500. The van der Waals surface area contributed by atoms with E-state index >= 15 is 0 Å². The average Bonchev–Trinajstić information content (AvgIpc) is 2.15. The van der Waals surface area contributed by atoms with Gasteiger partial charge in [-0.05, 0) is 59.6 Å². The fourth-order valence-electron chi connectivity index (χ4n) is 1.41. The molecule has 0 atom stereocenters. The van der Waals surface area contributed by atoms with Gasteiger partial charge in [0.05, 0.1) is 0 Å². The maximum atomic E-state index is 13.6. The summed E-state index contributed by atoms with van der Waals surface area (Å²) in [5.74, 6) is -0.384. The van der Waals surface area contributed by atoms with Crippen LogP contribution in [0.15, 0.2) is 12.3 Å². The zero-order valence-corrected chi connectivity index (χ0v) is 13.9. The van der Waals surface area contributed by atoms with Crippen LogP contribution in [-0.4, -0.2) is 18.1 Å². The number of halogens is 2. The van der Waals surface area contributed by atoms with E-state index < -0.39 is 8.32 Å². The van der Waals surface area contributed by atoms with Crippen LogP contribution in [0.2, 0.25) is 18.1 Å². The van der Waals surface area contributed by atoms with Crippen molar-refractivity contribution in [3.63, 3.8) is 0 Å². The van der Waals surface area contributed by atoms with Crippen molar-refractivity contribution < 1.29 is 9.19 Å². The summed E-state index contributed by atoms with van der Waals surface area (Å²) < 4.78 is 14.5. The Morgan fingerprint density at radius 1 is 1.47 bits per heavy atom. The van der Waals surface area contributed by atoms with Gasteiger partial charge in [0.15, 0.2) is 8.32 Å². The number of pyridine rings is 1. The summed E-state index contributed by atoms with van der Waals surface area (Å²) in [4.78, 5) is 13.9. The molecule has 0 aromatic carbocycles. The van der Waals surface area contributed by atoms with Crippen LogP contribution in [0.5, 0.6) is 0 Å². The molecule has 2 nitrogen and oxygen atoms in total. The van der Waals surface area contributed by atoms with Gasteiger partial charge in [0.2, 0.25) is 5.95 Å². The first-order chi connectivity index (χ1) is 7.65. The predicted molar refractivity (Wildman–Crippen MR) is 79.0 cm³/mol. The Morgan fingerprint density at radius 2 is 2.06 bits per heavy atom. The predicted octanol–water partition coefficient (Wildman–Crippen LogP) is 3.74. The number of hydrogen-bond acceptors (Lipinski definition) is 2. The van der Waals surface area contributed by atoms with E-state index in [0.29, 0.717) is 12.0 Å². The van der Waals surface area contributed by atoms with Gasteiger partial charge < -0.3 is 4.80 Å². The lowest BCUT2D eigenvalue weighted by Crippen LogP contribution is -2.39. The first-order valence-corrected chi connectivity index (χ1v) is 9.69. The summed E-state index contributed by atoms with van der Waals surface area (Å²) in [5, 5.41) is -0.127. The molecule has 1 aromatic heterocycles. The van der Waals surface area contributed by atoms with Crippen LogP contribution in [-0.2, 0) is 6.42 Å². The van der Waals surface area contributed by atoms with E-state index in [1.807, 2.05) is 19.2 Å². The van der Waals surface area contributed by atoms with Crippen LogP contribution in [0.25, 0.3) is 0 Å². The fourth-order valence-corrected chi connectivity index (χ4v) is 2.80. The highest BCUT2D eigenvalue weighted by molar-refractivity contribution is 14.1. The third-order valence-corrected chi connectivity index (χ3v) is 8.18. The van der Waals surface area contributed by atoms with E-state index in [2.05, 4.69) is 41.4 Å². The van der Waals surface area contributed by atoms with E-state index in [0.717, 1.165) is 9.99 Å². The molecule has 0 saturated carbocycles. The maximum Gasteiger partial charge on any atom is 0.217 e. The van der Waals surface area contributed by atoms with Crippen molar-refractivity contribution in [1.82, 2.24) is 4.98 Å².